The summed E-state index contributed by atoms with van der Waals surface area (Å²) in [5.74, 6) is -0.224. The molecule has 0 atom stereocenters. The molecule has 2 N–H and O–H groups in total. The molecule has 0 aliphatic heterocycles. The number of nitrogens with zero attached hydrogens (tertiary/aromatic N) is 1. The molecule has 4 nitrogen and oxygen atoms in total. The summed E-state index contributed by atoms with van der Waals surface area (Å²) >= 11 is 4.64. The van der Waals surface area contributed by atoms with Crippen LogP contribution < -0.4 is 5.73 Å². The molecule has 5 heteroatoms. The second kappa shape index (κ2) is 7.76. The highest BCUT2D eigenvalue weighted by molar-refractivity contribution is 6.62. The number of rotatable bonds is 4. The molecule has 1 amide bonds. The quantitative estimate of drug-likeness (QED) is 0.564. The fourth-order valence-electron chi connectivity index (χ4n) is 1.11. The zero-order valence-electron chi connectivity index (χ0n) is 9.34. The Hall–Kier alpha value is -0.610. The third kappa shape index (κ3) is 17.5. The second-order valence-corrected chi connectivity index (χ2v) is 4.29. The van der Waals surface area contributed by atoms with Gasteiger partial charge in [-0.05, 0) is 18.0 Å². The smallest absolute Gasteiger partial charge is 0.272 e. The molecule has 0 saturated heterocycles. The van der Waals surface area contributed by atoms with Crippen LogP contribution in [0.1, 0.15) is 20.3 Å². The summed E-state index contributed by atoms with van der Waals surface area (Å²) in [5, 5.41) is -0.361. The third-order valence-corrected chi connectivity index (χ3v) is 1.41. The van der Waals surface area contributed by atoms with Gasteiger partial charge in [-0.15, -0.1) is 0 Å². The number of nitrogens with two attached hydrogens (primary N) is 1. The molecule has 0 aromatic carbocycles. The first-order valence-corrected chi connectivity index (χ1v) is 4.85. The number of quaternary nitrogens is 1. The molecule has 0 aromatic heterocycles. The zero-order chi connectivity index (χ0) is 11.8. The number of carbonyl (C=O) groups excluding carboxylic acids is 2. The standard InChI is InChI=1S/C7H16N2O.C2H3ClO/c1-4-5-9(2,3)6-7(8)10;1-2(3)4/h4-6H2,1-3H3,(H-,8,10);1H3/p+1. The Balaban J connectivity index is 0. The van der Waals surface area contributed by atoms with Crippen LogP contribution in [0.5, 0.6) is 0 Å². The lowest BCUT2D eigenvalue weighted by molar-refractivity contribution is -0.882. The van der Waals surface area contributed by atoms with Gasteiger partial charge in [0.25, 0.3) is 5.91 Å². The van der Waals surface area contributed by atoms with Crippen molar-refractivity contribution in [1.29, 1.82) is 0 Å². The van der Waals surface area contributed by atoms with Crippen molar-refractivity contribution in [3.05, 3.63) is 0 Å². The molecule has 0 aromatic rings. The first-order valence-electron chi connectivity index (χ1n) is 4.47. The van der Waals surface area contributed by atoms with Crippen LogP contribution in [0, 0.1) is 0 Å². The molecular weight excluding hydrogens is 204 g/mol. The summed E-state index contributed by atoms with van der Waals surface area (Å²) < 4.78 is 0.700. The lowest BCUT2D eigenvalue weighted by Crippen LogP contribution is -2.46. The summed E-state index contributed by atoms with van der Waals surface area (Å²) in [6, 6.07) is 0. The molecule has 0 aliphatic carbocycles. The van der Waals surface area contributed by atoms with Crippen molar-refractivity contribution < 1.29 is 14.1 Å². The first-order chi connectivity index (χ1) is 6.21. The minimum Gasteiger partial charge on any atom is -0.365 e. The van der Waals surface area contributed by atoms with Gasteiger partial charge in [-0.2, -0.15) is 0 Å². The van der Waals surface area contributed by atoms with Gasteiger partial charge in [0.05, 0.1) is 20.6 Å². The van der Waals surface area contributed by atoms with Gasteiger partial charge in [-0.1, -0.05) is 6.92 Å². The highest BCUT2D eigenvalue weighted by atomic mass is 35.5. The molecule has 0 heterocycles. The maximum atomic E-state index is 10.5. The molecule has 0 saturated carbocycles. The molecule has 14 heavy (non-hydrogen) atoms. The average molecular weight is 224 g/mol. The van der Waals surface area contributed by atoms with E-state index in [1.165, 1.54) is 6.92 Å². The summed E-state index contributed by atoms with van der Waals surface area (Å²) in [4.78, 5) is 19.7. The Bertz CT molecular complexity index is 189. The maximum absolute atomic E-state index is 10.5. The first kappa shape index (κ1) is 15.8. The number of halogens is 1. The van der Waals surface area contributed by atoms with Crippen LogP contribution in [0.25, 0.3) is 0 Å². The molecular formula is C9H20ClN2O2+. The monoisotopic (exact) mass is 223 g/mol. The van der Waals surface area contributed by atoms with Crippen molar-refractivity contribution in [2.75, 3.05) is 27.2 Å². The zero-order valence-corrected chi connectivity index (χ0v) is 10.1. The Labute approximate surface area is 90.6 Å². The summed E-state index contributed by atoms with van der Waals surface area (Å²) in [5.41, 5.74) is 5.05. The fourth-order valence-corrected chi connectivity index (χ4v) is 1.11. The van der Waals surface area contributed by atoms with Gasteiger partial charge in [-0.3, -0.25) is 9.59 Å². The Morgan fingerprint density at radius 3 is 1.93 bits per heavy atom. The number of carbonyl (C=O) groups is 2. The van der Waals surface area contributed by atoms with E-state index < -0.39 is 0 Å². The van der Waals surface area contributed by atoms with Gasteiger partial charge in [0.15, 0.2) is 6.54 Å². The van der Waals surface area contributed by atoms with E-state index in [2.05, 4.69) is 18.5 Å². The van der Waals surface area contributed by atoms with E-state index in [4.69, 9.17) is 5.73 Å². The van der Waals surface area contributed by atoms with Crippen molar-refractivity contribution in [3.8, 4) is 0 Å². The van der Waals surface area contributed by atoms with Crippen LogP contribution in [0.2, 0.25) is 0 Å². The Morgan fingerprint density at radius 1 is 1.36 bits per heavy atom. The Kier molecular flexibility index (Phi) is 8.79. The highest BCUT2D eigenvalue weighted by Gasteiger charge is 2.15. The molecule has 0 bridgehead atoms. The summed E-state index contributed by atoms with van der Waals surface area (Å²) in [7, 11) is 4.02. The van der Waals surface area contributed by atoms with E-state index in [0.29, 0.717) is 11.0 Å². The van der Waals surface area contributed by atoms with E-state index in [1.807, 2.05) is 14.1 Å². The van der Waals surface area contributed by atoms with Gasteiger partial charge < -0.3 is 10.2 Å². The predicted molar refractivity (Wildman–Crippen MR) is 57.9 cm³/mol. The van der Waals surface area contributed by atoms with Crippen molar-refractivity contribution >= 4 is 22.8 Å². The van der Waals surface area contributed by atoms with E-state index in [-0.39, 0.29) is 11.1 Å². The van der Waals surface area contributed by atoms with E-state index in [1.54, 1.807) is 0 Å². The van der Waals surface area contributed by atoms with Crippen LogP contribution in [0.15, 0.2) is 0 Å². The van der Waals surface area contributed by atoms with Gasteiger partial charge in [0.2, 0.25) is 5.24 Å². The number of likely N-dealkylation sites (N-methyl/N-ethyl adjacent to an activating group) is 1. The minimum atomic E-state index is -0.361. The van der Waals surface area contributed by atoms with Crippen molar-refractivity contribution in [3.63, 3.8) is 0 Å². The SMILES string of the molecule is CC(=O)Cl.CCC[N+](C)(C)CC(N)=O. The third-order valence-electron chi connectivity index (χ3n) is 1.41. The molecule has 0 fully saturated rings. The lowest BCUT2D eigenvalue weighted by Gasteiger charge is -2.27. The molecule has 0 rings (SSSR count). The van der Waals surface area contributed by atoms with E-state index in [9.17, 15) is 9.59 Å². The Morgan fingerprint density at radius 2 is 1.71 bits per heavy atom. The van der Waals surface area contributed by atoms with Crippen LogP contribution >= 0.6 is 11.6 Å². The van der Waals surface area contributed by atoms with Crippen LogP contribution in [0.3, 0.4) is 0 Å². The van der Waals surface area contributed by atoms with Crippen LogP contribution in [0.4, 0.5) is 0 Å². The minimum absolute atomic E-state index is 0.224. The molecule has 0 spiro atoms. The molecule has 0 unspecified atom stereocenters. The van der Waals surface area contributed by atoms with Gasteiger partial charge in [0, 0.05) is 6.92 Å². The second-order valence-electron chi connectivity index (χ2n) is 3.75. The average Bonchev–Trinajstić information content (AvgIpc) is 1.80. The normalized spacial score (nSPS) is 10.1. The van der Waals surface area contributed by atoms with Crippen molar-refractivity contribution in [2.24, 2.45) is 5.73 Å². The van der Waals surface area contributed by atoms with Crippen molar-refractivity contribution in [1.82, 2.24) is 0 Å². The lowest BCUT2D eigenvalue weighted by atomic mass is 10.3. The van der Waals surface area contributed by atoms with Crippen LogP contribution in [-0.2, 0) is 9.59 Å². The van der Waals surface area contributed by atoms with Crippen molar-refractivity contribution in [2.45, 2.75) is 20.3 Å². The number of hydrogen-bond acceptors (Lipinski definition) is 2. The summed E-state index contributed by atoms with van der Waals surface area (Å²) in [6.45, 7) is 4.83. The fraction of sp³-hybridized carbons (Fsp3) is 0.778. The van der Waals surface area contributed by atoms with Gasteiger partial charge >= 0.3 is 0 Å². The maximum Gasteiger partial charge on any atom is 0.272 e. The molecule has 0 radical (unpaired) electrons. The topological polar surface area (TPSA) is 60.2 Å². The highest BCUT2D eigenvalue weighted by Crippen LogP contribution is 1.96. The number of primary amides is 1. The molecule has 0 aliphatic rings. The number of hydrogen-bond donors (Lipinski definition) is 1. The van der Waals surface area contributed by atoms with Crippen LogP contribution in [-0.4, -0.2) is 42.8 Å². The largest absolute Gasteiger partial charge is 0.365 e. The van der Waals surface area contributed by atoms with E-state index in [0.717, 1.165) is 13.0 Å². The van der Waals surface area contributed by atoms with Gasteiger partial charge in [0.1, 0.15) is 0 Å². The van der Waals surface area contributed by atoms with E-state index >= 15 is 0 Å². The number of amides is 1. The van der Waals surface area contributed by atoms with Gasteiger partial charge in [-0.25, -0.2) is 0 Å². The summed E-state index contributed by atoms with van der Waals surface area (Å²) in [6.07, 6.45) is 1.08. The molecule has 84 valence electrons. The predicted octanol–water partition coefficient (Wildman–Crippen LogP) is 0.730.